The molecule has 0 fully saturated rings. The molecule has 0 bridgehead atoms. The quantitative estimate of drug-likeness (QED) is 0.651. The molecule has 0 radical (unpaired) electrons. The van der Waals surface area contributed by atoms with Gasteiger partial charge in [0.05, 0.1) is 6.04 Å². The molecule has 2 amide bonds. The van der Waals surface area contributed by atoms with Crippen molar-refractivity contribution in [2.24, 2.45) is 0 Å². The van der Waals surface area contributed by atoms with Crippen LogP contribution < -0.4 is 10.6 Å². The summed E-state index contributed by atoms with van der Waals surface area (Å²) in [7, 11) is 0. The van der Waals surface area contributed by atoms with Crippen molar-refractivity contribution in [3.8, 4) is 5.75 Å². The molecule has 1 aromatic rings. The molecule has 0 unspecified atom stereocenters. The highest BCUT2D eigenvalue weighted by Gasteiger charge is 2.25. The van der Waals surface area contributed by atoms with Gasteiger partial charge in [0.15, 0.2) is 0 Å². The van der Waals surface area contributed by atoms with E-state index in [9.17, 15) is 14.7 Å². The van der Waals surface area contributed by atoms with E-state index >= 15 is 0 Å². The lowest BCUT2D eigenvalue weighted by Crippen LogP contribution is -2.43. The maximum Gasteiger partial charge on any atom is 0.352 e. The summed E-state index contributed by atoms with van der Waals surface area (Å²) in [5, 5.41) is 23.5. The maximum atomic E-state index is 11.3. The van der Waals surface area contributed by atoms with E-state index < -0.39 is 18.0 Å². The number of carbonyl (C=O) groups is 2. The van der Waals surface area contributed by atoms with E-state index in [-0.39, 0.29) is 11.4 Å². The molecule has 0 aliphatic carbocycles. The van der Waals surface area contributed by atoms with Crippen LogP contribution in [0.2, 0.25) is 5.02 Å². The highest BCUT2D eigenvalue weighted by molar-refractivity contribution is 6.30. The maximum absolute atomic E-state index is 11.3. The molecule has 94 valence electrons. The molecular formula is C11H9ClN2O4. The molecule has 0 aromatic heterocycles. The van der Waals surface area contributed by atoms with Crippen LogP contribution in [0, 0.1) is 0 Å². The van der Waals surface area contributed by atoms with Crippen LogP contribution in [0.4, 0.5) is 4.79 Å². The molecule has 1 atom stereocenters. The number of rotatable bonds is 2. The van der Waals surface area contributed by atoms with Crippen molar-refractivity contribution in [3.63, 3.8) is 0 Å². The lowest BCUT2D eigenvalue weighted by molar-refractivity contribution is -0.133. The van der Waals surface area contributed by atoms with Crippen molar-refractivity contribution < 1.29 is 19.8 Å². The van der Waals surface area contributed by atoms with Crippen LogP contribution >= 0.6 is 11.6 Å². The SMILES string of the molecule is O=C1NC(C(=O)O)=C[C@H](c2cc(Cl)ccc2O)N1. The average Bonchev–Trinajstić information content (AvgIpc) is 2.31. The fraction of sp³-hybridized carbons (Fsp3) is 0.0909. The van der Waals surface area contributed by atoms with Gasteiger partial charge in [0.1, 0.15) is 11.4 Å². The van der Waals surface area contributed by atoms with E-state index in [0.29, 0.717) is 10.6 Å². The number of urea groups is 1. The molecule has 0 saturated heterocycles. The van der Waals surface area contributed by atoms with E-state index in [1.165, 1.54) is 24.3 Å². The molecule has 6 nitrogen and oxygen atoms in total. The Labute approximate surface area is 107 Å². The minimum Gasteiger partial charge on any atom is -0.508 e. The number of aliphatic carboxylic acids is 1. The van der Waals surface area contributed by atoms with Gasteiger partial charge in [0.25, 0.3) is 0 Å². The molecule has 18 heavy (non-hydrogen) atoms. The number of carboxylic acid groups (broad SMARTS) is 1. The van der Waals surface area contributed by atoms with E-state index in [0.717, 1.165) is 0 Å². The van der Waals surface area contributed by atoms with Crippen LogP contribution in [0.5, 0.6) is 5.75 Å². The largest absolute Gasteiger partial charge is 0.508 e. The summed E-state index contributed by atoms with van der Waals surface area (Å²) < 4.78 is 0. The van der Waals surface area contributed by atoms with Crippen molar-refractivity contribution in [2.75, 3.05) is 0 Å². The molecule has 2 rings (SSSR count). The molecule has 7 heteroatoms. The van der Waals surface area contributed by atoms with Crippen molar-refractivity contribution in [3.05, 3.63) is 40.6 Å². The van der Waals surface area contributed by atoms with E-state index in [1.54, 1.807) is 0 Å². The third-order valence-electron chi connectivity index (χ3n) is 2.42. The van der Waals surface area contributed by atoms with Gasteiger partial charge in [0.2, 0.25) is 0 Å². The first-order valence-corrected chi connectivity index (χ1v) is 5.36. The molecule has 0 spiro atoms. The van der Waals surface area contributed by atoms with Crippen LogP contribution in [0.3, 0.4) is 0 Å². The van der Waals surface area contributed by atoms with Gasteiger partial charge in [-0.1, -0.05) is 11.6 Å². The summed E-state index contributed by atoms with van der Waals surface area (Å²) in [5.74, 6) is -1.33. The number of phenolic OH excluding ortho intramolecular Hbond substituents is 1. The number of amides is 2. The van der Waals surface area contributed by atoms with Crippen LogP contribution in [-0.4, -0.2) is 22.2 Å². The number of carbonyl (C=O) groups excluding carboxylic acids is 1. The molecule has 4 N–H and O–H groups in total. The lowest BCUT2D eigenvalue weighted by Gasteiger charge is -2.22. The summed E-state index contributed by atoms with van der Waals surface area (Å²) in [6, 6.07) is 2.93. The minimum absolute atomic E-state index is 0.0763. The third kappa shape index (κ3) is 2.38. The predicted octanol–water partition coefficient (Wildman–Crippen LogP) is 1.37. The molecule has 0 saturated carbocycles. The molecule has 1 aromatic carbocycles. The fourth-order valence-corrected chi connectivity index (χ4v) is 1.80. The summed E-state index contributed by atoms with van der Waals surface area (Å²) in [6.45, 7) is 0. The Hall–Kier alpha value is -2.21. The fourth-order valence-electron chi connectivity index (χ4n) is 1.62. The second kappa shape index (κ2) is 4.58. The Bertz CT molecular complexity index is 556. The number of hydrogen-bond donors (Lipinski definition) is 4. The van der Waals surface area contributed by atoms with Gasteiger partial charge in [-0.3, -0.25) is 0 Å². The smallest absolute Gasteiger partial charge is 0.352 e. The number of phenols is 1. The first-order chi connectivity index (χ1) is 8.47. The molecule has 1 aliphatic heterocycles. The first-order valence-electron chi connectivity index (χ1n) is 4.98. The highest BCUT2D eigenvalue weighted by Crippen LogP contribution is 2.29. The Morgan fingerprint density at radius 3 is 2.78 bits per heavy atom. The van der Waals surface area contributed by atoms with E-state index in [1.807, 2.05) is 0 Å². The van der Waals surface area contributed by atoms with Gasteiger partial charge in [-0.15, -0.1) is 0 Å². The van der Waals surface area contributed by atoms with Crippen LogP contribution in [0.25, 0.3) is 0 Å². The van der Waals surface area contributed by atoms with Gasteiger partial charge in [-0.05, 0) is 24.3 Å². The predicted molar refractivity (Wildman–Crippen MR) is 63.2 cm³/mol. The Morgan fingerprint density at radius 2 is 2.11 bits per heavy atom. The topological polar surface area (TPSA) is 98.7 Å². The summed E-state index contributed by atoms with van der Waals surface area (Å²) in [6.07, 6.45) is 1.29. The van der Waals surface area contributed by atoms with E-state index in [4.69, 9.17) is 16.7 Å². The van der Waals surface area contributed by atoms with Crippen LogP contribution in [-0.2, 0) is 4.79 Å². The Morgan fingerprint density at radius 1 is 1.39 bits per heavy atom. The van der Waals surface area contributed by atoms with Gasteiger partial charge in [-0.2, -0.15) is 0 Å². The lowest BCUT2D eigenvalue weighted by atomic mass is 10.0. The zero-order valence-corrected chi connectivity index (χ0v) is 9.73. The van der Waals surface area contributed by atoms with Crippen molar-refractivity contribution in [1.82, 2.24) is 10.6 Å². The van der Waals surface area contributed by atoms with Crippen molar-refractivity contribution >= 4 is 23.6 Å². The minimum atomic E-state index is -1.25. The standard InChI is InChI=1S/C11H9ClN2O4/c12-5-1-2-9(15)6(3-5)7-4-8(10(16)17)14-11(18)13-7/h1-4,7,15H,(H,16,17)(H2,13,14,18)/t7-/m1/s1. The van der Waals surface area contributed by atoms with Crippen LogP contribution in [0.15, 0.2) is 30.0 Å². The molecule has 1 heterocycles. The normalized spacial score (nSPS) is 18.6. The second-order valence-electron chi connectivity index (χ2n) is 3.66. The zero-order chi connectivity index (χ0) is 13.3. The number of aromatic hydroxyl groups is 1. The molecular weight excluding hydrogens is 260 g/mol. The zero-order valence-electron chi connectivity index (χ0n) is 8.98. The van der Waals surface area contributed by atoms with Crippen LogP contribution in [0.1, 0.15) is 11.6 Å². The molecule has 1 aliphatic rings. The third-order valence-corrected chi connectivity index (χ3v) is 2.66. The monoisotopic (exact) mass is 268 g/mol. The summed E-state index contributed by atoms with van der Waals surface area (Å²) >= 11 is 5.79. The number of benzene rings is 1. The highest BCUT2D eigenvalue weighted by atomic mass is 35.5. The second-order valence-corrected chi connectivity index (χ2v) is 4.10. The van der Waals surface area contributed by atoms with E-state index in [2.05, 4.69) is 10.6 Å². The van der Waals surface area contributed by atoms with Gasteiger partial charge >= 0.3 is 12.0 Å². The summed E-state index contributed by atoms with van der Waals surface area (Å²) in [4.78, 5) is 22.1. The first kappa shape index (κ1) is 12.3. The van der Waals surface area contributed by atoms with Gasteiger partial charge in [0, 0.05) is 10.6 Å². The number of halogens is 1. The summed E-state index contributed by atoms with van der Waals surface area (Å²) in [5.41, 5.74) is 0.0826. The number of carboxylic acids is 1. The Kier molecular flexibility index (Phi) is 3.12. The van der Waals surface area contributed by atoms with Gasteiger partial charge in [-0.25, -0.2) is 9.59 Å². The number of hydrogen-bond acceptors (Lipinski definition) is 3. The Balaban J connectivity index is 2.43. The van der Waals surface area contributed by atoms with Crippen molar-refractivity contribution in [1.29, 1.82) is 0 Å². The average molecular weight is 269 g/mol. The van der Waals surface area contributed by atoms with Crippen molar-refractivity contribution in [2.45, 2.75) is 6.04 Å². The number of nitrogens with one attached hydrogen (secondary N) is 2. The van der Waals surface area contributed by atoms with Gasteiger partial charge < -0.3 is 20.8 Å².